The summed E-state index contributed by atoms with van der Waals surface area (Å²) in [7, 11) is 2.02. The van der Waals surface area contributed by atoms with Crippen LogP contribution < -0.4 is 5.32 Å². The van der Waals surface area contributed by atoms with Crippen molar-refractivity contribution in [2.75, 3.05) is 26.2 Å². The first-order valence-corrected chi connectivity index (χ1v) is 7.36. The van der Waals surface area contributed by atoms with Crippen LogP contribution in [0, 0.1) is 11.8 Å². The van der Waals surface area contributed by atoms with Crippen LogP contribution in [0.15, 0.2) is 6.33 Å². The highest BCUT2D eigenvalue weighted by molar-refractivity contribution is 4.95. The van der Waals surface area contributed by atoms with E-state index in [0.29, 0.717) is 6.04 Å². The average Bonchev–Trinajstić information content (AvgIpc) is 2.97. The third-order valence-electron chi connectivity index (χ3n) is 3.97. The zero-order valence-corrected chi connectivity index (χ0v) is 12.6. The molecule has 1 N–H and O–H groups in total. The maximum atomic E-state index is 4.23. The van der Waals surface area contributed by atoms with Gasteiger partial charge in [0.15, 0.2) is 0 Å². The maximum Gasteiger partial charge on any atom is 0.149 e. The molecular formula is C14H27N5. The van der Waals surface area contributed by atoms with Gasteiger partial charge in [0.2, 0.25) is 0 Å². The Morgan fingerprint density at radius 3 is 2.84 bits per heavy atom. The molecule has 1 fully saturated rings. The highest BCUT2D eigenvalue weighted by Gasteiger charge is 2.28. The van der Waals surface area contributed by atoms with Crippen molar-refractivity contribution in [1.82, 2.24) is 25.0 Å². The summed E-state index contributed by atoms with van der Waals surface area (Å²) in [6, 6.07) is 0.364. The Labute approximate surface area is 116 Å². The van der Waals surface area contributed by atoms with Gasteiger partial charge in [-0.25, -0.2) is 0 Å². The van der Waals surface area contributed by atoms with Crippen LogP contribution in [0.1, 0.15) is 39.1 Å². The first kappa shape index (κ1) is 14.5. The van der Waals surface area contributed by atoms with Crippen molar-refractivity contribution in [3.8, 4) is 0 Å². The number of aryl methyl sites for hydroxylation is 1. The first-order valence-electron chi connectivity index (χ1n) is 7.36. The van der Waals surface area contributed by atoms with E-state index >= 15 is 0 Å². The molecule has 108 valence electrons. The summed E-state index contributed by atoms with van der Waals surface area (Å²) in [6.45, 7) is 11.3. The third-order valence-corrected chi connectivity index (χ3v) is 3.97. The van der Waals surface area contributed by atoms with Gasteiger partial charge in [-0.3, -0.25) is 4.90 Å². The molecule has 1 aromatic heterocycles. The van der Waals surface area contributed by atoms with E-state index in [1.165, 1.54) is 19.5 Å². The fourth-order valence-electron chi connectivity index (χ4n) is 2.79. The molecule has 2 unspecified atom stereocenters. The normalized spacial score (nSPS) is 22.3. The van der Waals surface area contributed by atoms with E-state index in [-0.39, 0.29) is 0 Å². The maximum absolute atomic E-state index is 4.23. The second-order valence-corrected chi connectivity index (χ2v) is 6.18. The summed E-state index contributed by atoms with van der Waals surface area (Å²) in [6.07, 6.45) is 3.07. The van der Waals surface area contributed by atoms with Gasteiger partial charge in [-0.15, -0.1) is 10.2 Å². The molecule has 0 aromatic carbocycles. The van der Waals surface area contributed by atoms with Crippen LogP contribution in [0.25, 0.3) is 0 Å². The van der Waals surface area contributed by atoms with E-state index in [9.17, 15) is 0 Å². The number of aromatic nitrogens is 3. The molecule has 2 rings (SSSR count). The van der Waals surface area contributed by atoms with Gasteiger partial charge in [-0.05, 0) is 44.8 Å². The van der Waals surface area contributed by atoms with E-state index in [1.807, 2.05) is 11.6 Å². The van der Waals surface area contributed by atoms with E-state index in [2.05, 4.69) is 41.2 Å². The Kier molecular flexibility index (Phi) is 4.93. The quantitative estimate of drug-likeness (QED) is 0.845. The van der Waals surface area contributed by atoms with Crippen molar-refractivity contribution >= 4 is 0 Å². The Morgan fingerprint density at radius 1 is 1.42 bits per heavy atom. The molecule has 0 aliphatic carbocycles. The lowest BCUT2D eigenvalue weighted by molar-refractivity contribution is 0.238. The summed E-state index contributed by atoms with van der Waals surface area (Å²) in [5.41, 5.74) is 0. The van der Waals surface area contributed by atoms with Gasteiger partial charge in [0, 0.05) is 13.6 Å². The number of nitrogens with zero attached hydrogens (tertiary/aromatic N) is 4. The largest absolute Gasteiger partial charge is 0.319 e. The molecule has 0 saturated carbocycles. The Morgan fingerprint density at radius 2 is 2.21 bits per heavy atom. The van der Waals surface area contributed by atoms with Crippen LogP contribution in [-0.4, -0.2) is 45.8 Å². The number of nitrogens with one attached hydrogen (secondary N) is 1. The monoisotopic (exact) mass is 265 g/mol. The molecule has 0 spiro atoms. The van der Waals surface area contributed by atoms with Crippen LogP contribution in [0.2, 0.25) is 0 Å². The minimum Gasteiger partial charge on any atom is -0.319 e. The minimum absolute atomic E-state index is 0.364. The zero-order chi connectivity index (χ0) is 13.8. The van der Waals surface area contributed by atoms with Gasteiger partial charge in [0.1, 0.15) is 12.2 Å². The molecule has 0 bridgehead atoms. The predicted octanol–water partition coefficient (Wildman–Crippen LogP) is 1.44. The second-order valence-electron chi connectivity index (χ2n) is 6.18. The highest BCUT2D eigenvalue weighted by atomic mass is 15.3. The molecule has 2 heterocycles. The molecular weight excluding hydrogens is 238 g/mol. The van der Waals surface area contributed by atoms with Gasteiger partial charge in [-0.1, -0.05) is 13.8 Å². The lowest BCUT2D eigenvalue weighted by Crippen LogP contribution is -2.30. The van der Waals surface area contributed by atoms with Gasteiger partial charge in [0.25, 0.3) is 0 Å². The smallest absolute Gasteiger partial charge is 0.149 e. The van der Waals surface area contributed by atoms with Crippen LogP contribution >= 0.6 is 0 Å². The lowest BCUT2D eigenvalue weighted by Gasteiger charge is -2.23. The number of hydrogen-bond acceptors (Lipinski definition) is 4. The molecule has 2 atom stereocenters. The van der Waals surface area contributed by atoms with Gasteiger partial charge in [0.05, 0.1) is 6.04 Å². The van der Waals surface area contributed by atoms with Gasteiger partial charge < -0.3 is 9.88 Å². The van der Waals surface area contributed by atoms with Crippen LogP contribution in [0.5, 0.6) is 0 Å². The fourth-order valence-corrected chi connectivity index (χ4v) is 2.79. The number of likely N-dealkylation sites (tertiary alicyclic amines) is 1. The zero-order valence-electron chi connectivity index (χ0n) is 12.6. The van der Waals surface area contributed by atoms with Crippen molar-refractivity contribution in [3.63, 3.8) is 0 Å². The van der Waals surface area contributed by atoms with Crippen molar-refractivity contribution in [2.45, 2.75) is 33.2 Å². The van der Waals surface area contributed by atoms with Crippen LogP contribution in [-0.2, 0) is 7.05 Å². The predicted molar refractivity (Wildman–Crippen MR) is 76.8 cm³/mol. The standard InChI is InChI=1S/C14H27N5/c1-11(2)7-15-8-13-5-6-19(9-13)12(3)14-17-16-10-18(14)4/h10-13,15H,5-9H2,1-4H3. The van der Waals surface area contributed by atoms with Crippen LogP contribution in [0.4, 0.5) is 0 Å². The molecule has 19 heavy (non-hydrogen) atoms. The number of rotatable bonds is 6. The van der Waals surface area contributed by atoms with E-state index < -0.39 is 0 Å². The Bertz CT molecular complexity index is 387. The van der Waals surface area contributed by atoms with Gasteiger partial charge in [-0.2, -0.15) is 0 Å². The molecule has 1 aromatic rings. The summed E-state index contributed by atoms with van der Waals surface area (Å²) >= 11 is 0. The highest BCUT2D eigenvalue weighted by Crippen LogP contribution is 2.25. The molecule has 0 radical (unpaired) electrons. The molecule has 1 saturated heterocycles. The first-order chi connectivity index (χ1) is 9.08. The van der Waals surface area contributed by atoms with Crippen LogP contribution in [0.3, 0.4) is 0 Å². The Balaban J connectivity index is 1.80. The molecule has 0 amide bonds. The molecule has 5 nitrogen and oxygen atoms in total. The Hall–Kier alpha value is -0.940. The van der Waals surface area contributed by atoms with Crippen molar-refractivity contribution in [1.29, 1.82) is 0 Å². The van der Waals surface area contributed by atoms with Crippen molar-refractivity contribution < 1.29 is 0 Å². The van der Waals surface area contributed by atoms with Crippen molar-refractivity contribution in [2.24, 2.45) is 18.9 Å². The molecule has 1 aliphatic rings. The number of hydrogen-bond donors (Lipinski definition) is 1. The third kappa shape index (κ3) is 3.76. The van der Waals surface area contributed by atoms with Gasteiger partial charge >= 0.3 is 0 Å². The fraction of sp³-hybridized carbons (Fsp3) is 0.857. The summed E-state index contributed by atoms with van der Waals surface area (Å²) < 4.78 is 2.02. The lowest BCUT2D eigenvalue weighted by atomic mass is 10.1. The summed E-state index contributed by atoms with van der Waals surface area (Å²) in [5, 5.41) is 11.8. The molecule has 5 heteroatoms. The van der Waals surface area contributed by atoms with E-state index in [0.717, 1.165) is 30.7 Å². The second kappa shape index (κ2) is 6.48. The average molecular weight is 265 g/mol. The summed E-state index contributed by atoms with van der Waals surface area (Å²) in [5.74, 6) is 2.57. The van der Waals surface area contributed by atoms with Crippen molar-refractivity contribution in [3.05, 3.63) is 12.2 Å². The summed E-state index contributed by atoms with van der Waals surface area (Å²) in [4.78, 5) is 2.52. The van der Waals surface area contributed by atoms with E-state index in [1.54, 1.807) is 6.33 Å². The topological polar surface area (TPSA) is 46.0 Å². The molecule has 1 aliphatic heterocycles. The minimum atomic E-state index is 0.364. The van der Waals surface area contributed by atoms with E-state index in [4.69, 9.17) is 0 Å². The SMILES string of the molecule is CC(C)CNCC1CCN(C(C)c2nncn2C)C1.